The van der Waals surface area contributed by atoms with Crippen molar-refractivity contribution in [1.29, 1.82) is 0 Å². The van der Waals surface area contributed by atoms with Gasteiger partial charge in [0.05, 0.1) is 18.7 Å². The quantitative estimate of drug-likeness (QED) is 0.892. The van der Waals surface area contributed by atoms with Crippen LogP contribution in [0.25, 0.3) is 0 Å². The van der Waals surface area contributed by atoms with E-state index >= 15 is 0 Å². The van der Waals surface area contributed by atoms with Crippen molar-refractivity contribution in [2.45, 2.75) is 26.8 Å². The fraction of sp³-hybridized carbons (Fsp3) is 0.333. The zero-order valence-corrected chi connectivity index (χ0v) is 13.0. The lowest BCUT2D eigenvalue weighted by molar-refractivity contribution is 0.397. The number of hydrogen-bond donors (Lipinski definition) is 1. The van der Waals surface area contributed by atoms with Crippen LogP contribution in [0.2, 0.25) is 0 Å². The molecule has 0 amide bonds. The van der Waals surface area contributed by atoms with E-state index < -0.39 is 0 Å². The highest BCUT2D eigenvalue weighted by Crippen LogP contribution is 2.33. The molecule has 0 aliphatic carbocycles. The maximum absolute atomic E-state index is 14.4. The maximum Gasteiger partial charge on any atom is 0.132 e. The van der Waals surface area contributed by atoms with Gasteiger partial charge in [0, 0.05) is 0 Å². The predicted molar refractivity (Wildman–Crippen MR) is 84.4 cm³/mol. The molecule has 2 aromatic rings. The van der Waals surface area contributed by atoms with Gasteiger partial charge < -0.3 is 10.1 Å². The van der Waals surface area contributed by atoms with Gasteiger partial charge >= 0.3 is 0 Å². The molecule has 0 spiro atoms. The third kappa shape index (κ3) is 3.24. The van der Waals surface area contributed by atoms with Gasteiger partial charge in [0.15, 0.2) is 0 Å². The van der Waals surface area contributed by atoms with Crippen LogP contribution in [0.15, 0.2) is 36.4 Å². The Bertz CT molecular complexity index is 625. The first kappa shape index (κ1) is 15.5. The number of nitrogens with one attached hydrogen (secondary N) is 1. The largest absolute Gasteiger partial charge is 0.496 e. The Morgan fingerprint density at radius 1 is 1.19 bits per heavy atom. The normalized spacial score (nSPS) is 12.2. The molecule has 1 atom stereocenters. The summed E-state index contributed by atoms with van der Waals surface area (Å²) in [6.07, 6.45) is 0. The molecular weight excluding hydrogens is 265 g/mol. The molecule has 0 saturated carbocycles. The van der Waals surface area contributed by atoms with Gasteiger partial charge in [-0.1, -0.05) is 36.8 Å². The lowest BCUT2D eigenvalue weighted by Crippen LogP contribution is -2.24. The molecule has 3 heteroatoms. The van der Waals surface area contributed by atoms with Gasteiger partial charge in [-0.2, -0.15) is 0 Å². The molecule has 2 aromatic carbocycles. The number of halogens is 1. The molecule has 0 bridgehead atoms. The topological polar surface area (TPSA) is 21.3 Å². The van der Waals surface area contributed by atoms with E-state index in [9.17, 15) is 4.39 Å². The standard InChI is InChI=1S/C18H22FNO/c1-5-20-18(14-10-9-12(2)11-13(14)3)17-15(19)7-6-8-16(17)21-4/h6-11,18,20H,5H2,1-4H3. The van der Waals surface area contributed by atoms with E-state index in [1.807, 2.05) is 6.92 Å². The van der Waals surface area contributed by atoms with Crippen molar-refractivity contribution in [2.75, 3.05) is 13.7 Å². The van der Waals surface area contributed by atoms with E-state index in [4.69, 9.17) is 4.74 Å². The van der Waals surface area contributed by atoms with Gasteiger partial charge in [-0.3, -0.25) is 0 Å². The van der Waals surface area contributed by atoms with E-state index in [0.717, 1.165) is 17.7 Å². The fourth-order valence-corrected chi connectivity index (χ4v) is 2.70. The van der Waals surface area contributed by atoms with E-state index in [1.54, 1.807) is 19.2 Å². The van der Waals surface area contributed by atoms with Crippen molar-refractivity contribution in [3.8, 4) is 5.75 Å². The Balaban J connectivity index is 2.58. The maximum atomic E-state index is 14.4. The molecule has 0 radical (unpaired) electrons. The Morgan fingerprint density at radius 3 is 2.57 bits per heavy atom. The first-order valence-electron chi connectivity index (χ1n) is 7.21. The summed E-state index contributed by atoms with van der Waals surface area (Å²) < 4.78 is 19.7. The second-order valence-corrected chi connectivity index (χ2v) is 5.21. The first-order valence-corrected chi connectivity index (χ1v) is 7.21. The van der Waals surface area contributed by atoms with Crippen molar-refractivity contribution >= 4 is 0 Å². The Kier molecular flexibility index (Phi) is 4.97. The van der Waals surface area contributed by atoms with Crippen molar-refractivity contribution in [3.05, 3.63) is 64.5 Å². The lowest BCUT2D eigenvalue weighted by atomic mass is 9.93. The van der Waals surface area contributed by atoms with Gasteiger partial charge in [-0.05, 0) is 43.7 Å². The van der Waals surface area contributed by atoms with Crippen LogP contribution < -0.4 is 10.1 Å². The van der Waals surface area contributed by atoms with E-state index in [1.165, 1.54) is 11.6 Å². The van der Waals surface area contributed by atoms with Gasteiger partial charge in [0.1, 0.15) is 11.6 Å². The number of rotatable bonds is 5. The molecule has 1 unspecified atom stereocenters. The molecule has 0 aliphatic rings. The van der Waals surface area contributed by atoms with E-state index in [0.29, 0.717) is 11.3 Å². The molecule has 0 saturated heterocycles. The molecule has 0 heterocycles. The average molecular weight is 287 g/mol. The zero-order chi connectivity index (χ0) is 15.4. The van der Waals surface area contributed by atoms with E-state index in [2.05, 4.69) is 37.4 Å². The molecule has 112 valence electrons. The van der Waals surface area contributed by atoms with Crippen LogP contribution >= 0.6 is 0 Å². The van der Waals surface area contributed by atoms with Crippen LogP contribution in [0.3, 0.4) is 0 Å². The summed E-state index contributed by atoms with van der Waals surface area (Å²) >= 11 is 0. The third-order valence-electron chi connectivity index (χ3n) is 3.67. The summed E-state index contributed by atoms with van der Waals surface area (Å²) in [7, 11) is 1.57. The molecule has 2 nitrogen and oxygen atoms in total. The zero-order valence-electron chi connectivity index (χ0n) is 13.0. The highest BCUT2D eigenvalue weighted by Gasteiger charge is 2.22. The number of ether oxygens (including phenoxy) is 1. The van der Waals surface area contributed by atoms with Crippen LogP contribution in [-0.4, -0.2) is 13.7 Å². The summed E-state index contributed by atoms with van der Waals surface area (Å²) in [6, 6.07) is 11.0. The summed E-state index contributed by atoms with van der Waals surface area (Å²) in [5, 5.41) is 3.37. The van der Waals surface area contributed by atoms with Crippen molar-refractivity contribution in [3.63, 3.8) is 0 Å². The second kappa shape index (κ2) is 6.72. The van der Waals surface area contributed by atoms with Gasteiger partial charge in [0.25, 0.3) is 0 Å². The molecular formula is C18H22FNO. The molecule has 2 rings (SSSR count). The average Bonchev–Trinajstić information content (AvgIpc) is 2.45. The van der Waals surface area contributed by atoms with Crippen molar-refractivity contribution in [1.82, 2.24) is 5.32 Å². The van der Waals surface area contributed by atoms with Crippen LogP contribution in [0.5, 0.6) is 5.75 Å². The number of aryl methyl sites for hydroxylation is 2. The minimum atomic E-state index is -0.250. The lowest BCUT2D eigenvalue weighted by Gasteiger charge is -2.23. The smallest absolute Gasteiger partial charge is 0.132 e. The monoisotopic (exact) mass is 287 g/mol. The highest BCUT2D eigenvalue weighted by molar-refractivity contribution is 5.45. The number of methoxy groups -OCH3 is 1. The van der Waals surface area contributed by atoms with Gasteiger partial charge in [-0.25, -0.2) is 4.39 Å². The summed E-state index contributed by atoms with van der Waals surface area (Å²) in [4.78, 5) is 0. The molecule has 1 N–H and O–H groups in total. The minimum absolute atomic E-state index is 0.216. The minimum Gasteiger partial charge on any atom is -0.496 e. The fourth-order valence-electron chi connectivity index (χ4n) is 2.70. The molecule has 0 aliphatic heterocycles. The Hall–Kier alpha value is -1.87. The molecule has 0 fully saturated rings. The SMILES string of the molecule is CCNC(c1ccc(C)cc1C)c1c(F)cccc1OC. The van der Waals surface area contributed by atoms with E-state index in [-0.39, 0.29) is 11.9 Å². The summed E-state index contributed by atoms with van der Waals surface area (Å²) in [6.45, 7) is 6.88. The summed E-state index contributed by atoms with van der Waals surface area (Å²) in [5.41, 5.74) is 3.98. The van der Waals surface area contributed by atoms with Crippen molar-refractivity contribution < 1.29 is 9.13 Å². The van der Waals surface area contributed by atoms with Crippen molar-refractivity contribution in [2.24, 2.45) is 0 Å². The highest BCUT2D eigenvalue weighted by atomic mass is 19.1. The second-order valence-electron chi connectivity index (χ2n) is 5.21. The summed E-state index contributed by atoms with van der Waals surface area (Å²) in [5.74, 6) is 0.321. The number of hydrogen-bond acceptors (Lipinski definition) is 2. The predicted octanol–water partition coefficient (Wildman–Crippen LogP) is 4.15. The molecule has 21 heavy (non-hydrogen) atoms. The van der Waals surface area contributed by atoms with Gasteiger partial charge in [0.2, 0.25) is 0 Å². The number of benzene rings is 2. The Morgan fingerprint density at radius 2 is 1.95 bits per heavy atom. The molecule has 0 aromatic heterocycles. The third-order valence-corrected chi connectivity index (χ3v) is 3.67. The van der Waals surface area contributed by atoms with Crippen LogP contribution in [-0.2, 0) is 0 Å². The van der Waals surface area contributed by atoms with Crippen LogP contribution in [0.1, 0.15) is 35.2 Å². The Labute approximate surface area is 126 Å². The van der Waals surface area contributed by atoms with Crippen LogP contribution in [0.4, 0.5) is 4.39 Å². The first-order chi connectivity index (χ1) is 10.1. The van der Waals surface area contributed by atoms with Gasteiger partial charge in [-0.15, -0.1) is 0 Å². The van der Waals surface area contributed by atoms with Crippen LogP contribution in [0, 0.1) is 19.7 Å².